The number of halogens is 1. The lowest BCUT2D eigenvalue weighted by atomic mass is 9.83. The first-order valence-electron chi connectivity index (χ1n) is 5.12. The summed E-state index contributed by atoms with van der Waals surface area (Å²) in [6.45, 7) is 2.77. The van der Waals surface area contributed by atoms with E-state index < -0.39 is 26.6 Å². The molecule has 106 valence electrons. The maximum atomic E-state index is 11.3. The van der Waals surface area contributed by atoms with Crippen LogP contribution in [-0.4, -0.2) is 24.7 Å². The fraction of sp³-hybridized carbons (Fsp3) is 0.400. The molecule has 0 amide bonds. The second-order valence-corrected chi connectivity index (χ2v) is 6.54. The highest BCUT2D eigenvalue weighted by molar-refractivity contribution is 7.89. The van der Waals surface area contributed by atoms with Crippen molar-refractivity contribution in [2.24, 2.45) is 5.14 Å². The Labute approximate surface area is 115 Å². The zero-order chi connectivity index (χ0) is 15.0. The molecule has 0 aliphatic carbocycles. The quantitative estimate of drug-likeness (QED) is 0.485. The molecule has 0 aliphatic rings. The molecular formula is C10H13ClN2O5S. The lowest BCUT2D eigenvalue weighted by molar-refractivity contribution is -0.582. The molecule has 3 N–H and O–H groups in total. The number of nitrogens with two attached hydrogens (primary N) is 1. The Balaban J connectivity index is 3.46. The van der Waals surface area contributed by atoms with Gasteiger partial charge in [0.05, 0.1) is 15.2 Å². The van der Waals surface area contributed by atoms with E-state index in [1.807, 2.05) is 0 Å². The maximum Gasteiger partial charge on any atom is 0.322 e. The van der Waals surface area contributed by atoms with Crippen molar-refractivity contribution in [2.75, 3.05) is 0 Å². The Morgan fingerprint density at radius 3 is 2.42 bits per heavy atom. The number of aliphatic hydroxyl groups excluding tert-OH is 1. The third kappa shape index (κ3) is 3.21. The zero-order valence-corrected chi connectivity index (χ0v) is 11.8. The fourth-order valence-corrected chi connectivity index (χ4v) is 2.48. The number of aliphatic hydroxyl groups is 1. The van der Waals surface area contributed by atoms with Crippen molar-refractivity contribution in [2.45, 2.75) is 30.4 Å². The number of benzene rings is 1. The summed E-state index contributed by atoms with van der Waals surface area (Å²) >= 11 is 5.91. The third-order valence-electron chi connectivity index (χ3n) is 2.81. The van der Waals surface area contributed by atoms with Gasteiger partial charge in [0.2, 0.25) is 10.0 Å². The molecule has 0 spiro atoms. The van der Waals surface area contributed by atoms with Crippen LogP contribution in [0.4, 0.5) is 0 Å². The molecule has 1 aromatic rings. The zero-order valence-electron chi connectivity index (χ0n) is 10.2. The average Bonchev–Trinajstić information content (AvgIpc) is 2.26. The Kier molecular flexibility index (Phi) is 4.20. The van der Waals surface area contributed by atoms with E-state index in [4.69, 9.17) is 16.7 Å². The first-order chi connectivity index (χ1) is 8.48. The maximum absolute atomic E-state index is 11.3. The lowest BCUT2D eigenvalue weighted by Gasteiger charge is -2.26. The van der Waals surface area contributed by atoms with Crippen molar-refractivity contribution < 1.29 is 18.4 Å². The van der Waals surface area contributed by atoms with Crippen LogP contribution < -0.4 is 5.14 Å². The van der Waals surface area contributed by atoms with Crippen molar-refractivity contribution in [3.8, 4) is 0 Å². The number of hydrogen-bond donors (Lipinski definition) is 2. The van der Waals surface area contributed by atoms with E-state index in [-0.39, 0.29) is 15.5 Å². The van der Waals surface area contributed by atoms with Gasteiger partial charge in [-0.05, 0) is 37.6 Å². The summed E-state index contributed by atoms with van der Waals surface area (Å²) in [6, 6.07) is 3.59. The molecule has 0 saturated carbocycles. The van der Waals surface area contributed by atoms with Crippen LogP contribution in [0.15, 0.2) is 23.1 Å². The van der Waals surface area contributed by atoms with E-state index in [0.717, 1.165) is 6.07 Å². The topological polar surface area (TPSA) is 124 Å². The number of rotatable bonds is 4. The van der Waals surface area contributed by atoms with Gasteiger partial charge in [0.25, 0.3) is 0 Å². The van der Waals surface area contributed by atoms with Crippen LogP contribution >= 0.6 is 11.6 Å². The fourth-order valence-electron chi connectivity index (χ4n) is 1.58. The second kappa shape index (κ2) is 5.04. The van der Waals surface area contributed by atoms with Crippen LogP contribution in [0.25, 0.3) is 0 Å². The Morgan fingerprint density at radius 1 is 1.47 bits per heavy atom. The van der Waals surface area contributed by atoms with E-state index in [0.29, 0.717) is 0 Å². The van der Waals surface area contributed by atoms with Crippen LogP contribution in [0, 0.1) is 10.1 Å². The van der Waals surface area contributed by atoms with Crippen molar-refractivity contribution >= 4 is 21.6 Å². The Hall–Kier alpha value is -1.22. The molecule has 19 heavy (non-hydrogen) atoms. The van der Waals surface area contributed by atoms with E-state index in [2.05, 4.69) is 0 Å². The second-order valence-electron chi connectivity index (χ2n) is 4.57. The van der Waals surface area contributed by atoms with Crippen LogP contribution in [0.3, 0.4) is 0 Å². The van der Waals surface area contributed by atoms with Gasteiger partial charge in [-0.1, -0.05) is 11.6 Å². The van der Waals surface area contributed by atoms with Gasteiger partial charge in [-0.3, -0.25) is 10.1 Å². The first kappa shape index (κ1) is 15.8. The molecule has 0 saturated heterocycles. The summed E-state index contributed by atoms with van der Waals surface area (Å²) in [4.78, 5) is 9.58. The highest BCUT2D eigenvalue weighted by Gasteiger charge is 2.40. The largest absolute Gasteiger partial charge is 0.332 e. The summed E-state index contributed by atoms with van der Waals surface area (Å²) in [5, 5.41) is 25.4. The molecule has 1 atom stereocenters. The minimum absolute atomic E-state index is 0.110. The predicted molar refractivity (Wildman–Crippen MR) is 68.9 cm³/mol. The van der Waals surface area contributed by atoms with Gasteiger partial charge in [-0.25, -0.2) is 13.6 Å². The molecule has 0 bridgehead atoms. The van der Waals surface area contributed by atoms with Gasteiger partial charge < -0.3 is 5.11 Å². The van der Waals surface area contributed by atoms with Crippen LogP contribution in [0.5, 0.6) is 0 Å². The monoisotopic (exact) mass is 308 g/mol. The average molecular weight is 309 g/mol. The van der Waals surface area contributed by atoms with Crippen molar-refractivity contribution in [3.05, 3.63) is 38.9 Å². The molecular weight excluding hydrogens is 296 g/mol. The number of nitrogens with zero attached hydrogens (tertiary/aromatic N) is 1. The predicted octanol–water partition coefficient (Wildman–Crippen LogP) is 0.860. The van der Waals surface area contributed by atoms with Gasteiger partial charge in [-0.15, -0.1) is 0 Å². The molecule has 0 aliphatic heterocycles. The molecule has 0 radical (unpaired) electrons. The molecule has 7 nitrogen and oxygen atoms in total. The normalized spacial score (nSPS) is 14.2. The van der Waals surface area contributed by atoms with Crippen molar-refractivity contribution in [1.29, 1.82) is 0 Å². The minimum atomic E-state index is -3.96. The minimum Gasteiger partial charge on any atom is -0.332 e. The van der Waals surface area contributed by atoms with Crippen LogP contribution in [0.2, 0.25) is 5.02 Å². The lowest BCUT2D eigenvalue weighted by Crippen LogP contribution is -2.40. The number of hydrogen-bond acceptors (Lipinski definition) is 5. The van der Waals surface area contributed by atoms with E-state index in [1.165, 1.54) is 26.0 Å². The Morgan fingerprint density at radius 2 is 2.00 bits per heavy atom. The highest BCUT2D eigenvalue weighted by atomic mass is 35.5. The SMILES string of the molecule is CC(C)(c1cc(S(N)(=O)=O)ccc1Cl)C(O)[N+](=O)[O-]. The van der Waals surface area contributed by atoms with E-state index in [9.17, 15) is 23.6 Å². The van der Waals surface area contributed by atoms with Crippen molar-refractivity contribution in [3.63, 3.8) is 0 Å². The third-order valence-corrected chi connectivity index (χ3v) is 4.05. The summed E-state index contributed by atoms with van der Waals surface area (Å²) in [6.07, 6.45) is -1.93. The first-order valence-corrected chi connectivity index (χ1v) is 7.04. The van der Waals surface area contributed by atoms with Crippen molar-refractivity contribution in [1.82, 2.24) is 0 Å². The smallest absolute Gasteiger partial charge is 0.322 e. The molecule has 1 aromatic carbocycles. The number of sulfonamides is 1. The van der Waals surface area contributed by atoms with Crippen LogP contribution in [-0.2, 0) is 15.4 Å². The Bertz CT molecular complexity index is 614. The number of nitro groups is 1. The number of primary sulfonamides is 1. The molecule has 0 aromatic heterocycles. The van der Waals surface area contributed by atoms with E-state index >= 15 is 0 Å². The van der Waals surface area contributed by atoms with Gasteiger partial charge in [-0.2, -0.15) is 0 Å². The van der Waals surface area contributed by atoms with Gasteiger partial charge in [0.15, 0.2) is 0 Å². The summed E-state index contributed by atoms with van der Waals surface area (Å²) in [5.41, 5.74) is -1.24. The summed E-state index contributed by atoms with van der Waals surface area (Å²) in [7, 11) is -3.96. The molecule has 0 fully saturated rings. The molecule has 9 heteroatoms. The van der Waals surface area contributed by atoms with Gasteiger partial charge in [0.1, 0.15) is 0 Å². The molecule has 0 heterocycles. The molecule has 1 unspecified atom stereocenters. The van der Waals surface area contributed by atoms with Gasteiger partial charge in [0, 0.05) is 5.02 Å². The standard InChI is InChI=1S/C10H13ClN2O5S/c1-10(2,9(14)13(15)16)7-5-6(19(12,17)18)3-4-8(7)11/h3-5,9,14H,1-2H3,(H2,12,17,18). The summed E-state index contributed by atoms with van der Waals surface area (Å²) in [5.74, 6) is 0. The molecule has 1 rings (SSSR count). The highest BCUT2D eigenvalue weighted by Crippen LogP contribution is 2.34. The summed E-state index contributed by atoms with van der Waals surface area (Å²) < 4.78 is 22.5. The van der Waals surface area contributed by atoms with Crippen LogP contribution in [0.1, 0.15) is 19.4 Å². The van der Waals surface area contributed by atoms with E-state index in [1.54, 1.807) is 0 Å². The van der Waals surface area contributed by atoms with Gasteiger partial charge >= 0.3 is 6.23 Å².